The van der Waals surface area contributed by atoms with Gasteiger partial charge in [-0.15, -0.1) is 22.7 Å². The van der Waals surface area contributed by atoms with Gasteiger partial charge in [-0.1, -0.05) is 173 Å². The molecule has 0 aliphatic carbocycles. The van der Waals surface area contributed by atoms with E-state index in [1.54, 1.807) is 0 Å². The third-order valence-electron chi connectivity index (χ3n) is 10.8. The zero-order valence-electron chi connectivity index (χ0n) is 36.8. The van der Waals surface area contributed by atoms with Crippen molar-refractivity contribution >= 4 is 123 Å². The molecule has 0 aliphatic heterocycles. The topological polar surface area (TPSA) is 40.5 Å². The van der Waals surface area contributed by atoms with Crippen LogP contribution in [0, 0.1) is 0 Å². The van der Waals surface area contributed by atoms with E-state index >= 15 is 0 Å². The monoisotopic (exact) mass is 1020 g/mol. The molecule has 0 amide bonds. The van der Waals surface area contributed by atoms with E-state index in [0.29, 0.717) is 5.46 Å². The lowest BCUT2D eigenvalue weighted by molar-refractivity contribution is 0.425. The second-order valence-electron chi connectivity index (χ2n) is 19.9. The Labute approximate surface area is 391 Å². The number of halogens is 3. The predicted octanol–water partition coefficient (Wildman–Crippen LogP) is 16.6. The number of hydrogen-bond donors (Lipinski definition) is 2. The van der Waals surface area contributed by atoms with Crippen LogP contribution in [0.1, 0.15) is 105 Å². The zero-order chi connectivity index (χ0) is 44.1. The van der Waals surface area contributed by atoms with Crippen molar-refractivity contribution in [1.29, 1.82) is 0 Å². The van der Waals surface area contributed by atoms with Gasteiger partial charge < -0.3 is 10.0 Å². The van der Waals surface area contributed by atoms with E-state index in [9.17, 15) is 10.0 Å². The maximum Gasteiger partial charge on any atom is 0.488 e. The molecule has 6 aromatic carbocycles. The lowest BCUT2D eigenvalue weighted by atomic mass is 9.72. The van der Waals surface area contributed by atoms with Crippen LogP contribution in [-0.2, 0) is 21.7 Å². The summed E-state index contributed by atoms with van der Waals surface area (Å²) < 4.78 is 8.77. The SMILES string of the molecule is Brc1ccc2sc3ccc(Br)cc3c2c1.CC(C)(C)c1cc(-c2ccc3sc4ccc(Br)cc4c3c2)cc(C(C)(C)C)c1.CC(C)(C)c1cc(B(O)O)cc(C(C)(C)C)c1. The number of thiophene rings is 2. The first-order valence-electron chi connectivity index (χ1n) is 20.4. The average molecular weight is 1030 g/mol. The van der Waals surface area contributed by atoms with Crippen LogP contribution < -0.4 is 5.46 Å². The molecule has 312 valence electrons. The second-order valence-corrected chi connectivity index (χ2v) is 24.8. The Bertz CT molecular complexity index is 2700. The maximum absolute atomic E-state index is 9.36. The molecule has 60 heavy (non-hydrogen) atoms. The highest BCUT2D eigenvalue weighted by atomic mass is 79.9. The molecule has 0 bridgehead atoms. The van der Waals surface area contributed by atoms with Crippen LogP contribution in [-0.4, -0.2) is 17.2 Å². The van der Waals surface area contributed by atoms with E-state index < -0.39 is 7.12 Å². The van der Waals surface area contributed by atoms with Crippen molar-refractivity contribution in [1.82, 2.24) is 0 Å². The summed E-state index contributed by atoms with van der Waals surface area (Å²) in [6.07, 6.45) is 0. The molecule has 0 radical (unpaired) electrons. The van der Waals surface area contributed by atoms with Crippen molar-refractivity contribution in [3.63, 3.8) is 0 Å². The molecule has 0 saturated heterocycles. The summed E-state index contributed by atoms with van der Waals surface area (Å²) in [7, 11) is -1.40. The molecule has 8 aromatic rings. The molecular formula is C52H56BBr3O2S2. The van der Waals surface area contributed by atoms with Gasteiger partial charge in [-0.25, -0.2) is 0 Å². The molecule has 0 spiro atoms. The first-order valence-corrected chi connectivity index (χ1v) is 24.4. The van der Waals surface area contributed by atoms with Gasteiger partial charge in [0.1, 0.15) is 0 Å². The molecule has 2 N–H and O–H groups in total. The molecule has 0 atom stereocenters. The fourth-order valence-corrected chi connectivity index (χ4v) is 10.2. The van der Waals surface area contributed by atoms with E-state index in [2.05, 4.69) is 228 Å². The second kappa shape index (κ2) is 17.7. The Morgan fingerprint density at radius 3 is 0.983 bits per heavy atom. The molecule has 8 heteroatoms. The Kier molecular flexibility index (Phi) is 13.8. The third-order valence-corrected chi connectivity index (χ3v) is 14.6. The maximum atomic E-state index is 9.36. The highest BCUT2D eigenvalue weighted by molar-refractivity contribution is 9.11. The smallest absolute Gasteiger partial charge is 0.423 e. The summed E-state index contributed by atoms with van der Waals surface area (Å²) in [5.74, 6) is 0. The minimum Gasteiger partial charge on any atom is -0.423 e. The van der Waals surface area contributed by atoms with Gasteiger partial charge in [0.2, 0.25) is 0 Å². The fraction of sp³-hybridized carbons (Fsp3) is 0.308. The molecule has 2 nitrogen and oxygen atoms in total. The van der Waals surface area contributed by atoms with E-state index in [0.717, 1.165) is 24.5 Å². The van der Waals surface area contributed by atoms with E-state index in [1.807, 2.05) is 34.8 Å². The molecule has 2 heterocycles. The summed E-state index contributed by atoms with van der Waals surface area (Å²) in [4.78, 5) is 0. The van der Waals surface area contributed by atoms with Gasteiger partial charge in [0.25, 0.3) is 0 Å². The predicted molar refractivity (Wildman–Crippen MR) is 278 cm³/mol. The van der Waals surface area contributed by atoms with Crippen LogP contribution in [0.25, 0.3) is 51.5 Å². The number of fused-ring (bicyclic) bond motifs is 6. The average Bonchev–Trinajstić information content (AvgIpc) is 3.70. The Hall–Kier alpha value is -2.82. The van der Waals surface area contributed by atoms with Gasteiger partial charge >= 0.3 is 7.12 Å². The van der Waals surface area contributed by atoms with Crippen molar-refractivity contribution in [3.05, 3.63) is 145 Å². The van der Waals surface area contributed by atoms with Crippen LogP contribution in [0.15, 0.2) is 123 Å². The molecule has 0 unspecified atom stereocenters. The summed E-state index contributed by atoms with van der Waals surface area (Å²) in [5, 5.41) is 24.0. The molecule has 0 aliphatic rings. The minimum absolute atomic E-state index is 0.00486. The van der Waals surface area contributed by atoms with Gasteiger partial charge in [0.05, 0.1) is 0 Å². The van der Waals surface area contributed by atoms with Gasteiger partial charge in [-0.2, -0.15) is 0 Å². The largest absolute Gasteiger partial charge is 0.488 e. The van der Waals surface area contributed by atoms with Crippen molar-refractivity contribution in [2.75, 3.05) is 0 Å². The van der Waals surface area contributed by atoms with Crippen LogP contribution in [0.4, 0.5) is 0 Å². The minimum atomic E-state index is -1.40. The van der Waals surface area contributed by atoms with Crippen molar-refractivity contribution < 1.29 is 10.0 Å². The normalized spacial score (nSPS) is 12.4. The van der Waals surface area contributed by atoms with Gasteiger partial charge in [-0.3, -0.25) is 0 Å². The van der Waals surface area contributed by atoms with Gasteiger partial charge in [-0.05, 0) is 127 Å². The Balaban J connectivity index is 0.000000162. The molecule has 2 aromatic heterocycles. The number of hydrogen-bond acceptors (Lipinski definition) is 4. The van der Waals surface area contributed by atoms with Crippen LogP contribution >= 0.6 is 70.5 Å². The Morgan fingerprint density at radius 1 is 0.367 bits per heavy atom. The highest BCUT2D eigenvalue weighted by Crippen LogP contribution is 2.40. The van der Waals surface area contributed by atoms with Crippen molar-refractivity contribution in [2.24, 2.45) is 0 Å². The zero-order valence-corrected chi connectivity index (χ0v) is 43.2. The summed E-state index contributed by atoms with van der Waals surface area (Å²) in [6, 6.07) is 39.4. The highest BCUT2D eigenvalue weighted by Gasteiger charge is 2.24. The van der Waals surface area contributed by atoms with Gasteiger partial charge in [0, 0.05) is 53.8 Å². The van der Waals surface area contributed by atoms with Gasteiger partial charge in [0.15, 0.2) is 0 Å². The van der Waals surface area contributed by atoms with E-state index in [4.69, 9.17) is 0 Å². The quantitative estimate of drug-likeness (QED) is 0.169. The summed E-state index contributed by atoms with van der Waals surface area (Å²) >= 11 is 14.4. The molecule has 0 fully saturated rings. The van der Waals surface area contributed by atoms with Crippen molar-refractivity contribution in [3.8, 4) is 11.1 Å². The fourth-order valence-electron chi connectivity index (χ4n) is 6.98. The van der Waals surface area contributed by atoms with Crippen LogP contribution in [0.5, 0.6) is 0 Å². The third kappa shape index (κ3) is 11.0. The molecule has 0 saturated carbocycles. The lowest BCUT2D eigenvalue weighted by Gasteiger charge is -2.26. The van der Waals surface area contributed by atoms with Crippen LogP contribution in [0.2, 0.25) is 0 Å². The van der Waals surface area contributed by atoms with E-state index in [-0.39, 0.29) is 21.7 Å². The first kappa shape index (κ1) is 46.7. The lowest BCUT2D eigenvalue weighted by Crippen LogP contribution is -2.33. The summed E-state index contributed by atoms with van der Waals surface area (Å²) in [5.41, 5.74) is 8.50. The standard InChI is InChI=1S/C26H27BrS.C14H23BO2.C12H6Br2S/c1-25(2,3)18-11-17(12-19(14-18)26(4,5)6)16-7-9-23-21(13-16)22-15-20(27)8-10-24(22)28-23;1-13(2,3)10-7-11(14(4,5)6)9-12(8-10)15(16)17;13-7-1-3-11-9(5-7)10-6-8(14)2-4-12(10)15-11/h7-15H,1-6H3;7-9,16-17H,1-6H3;1-6H. The molecular weight excluding hydrogens is 971 g/mol. The molecule has 8 rings (SSSR count). The Morgan fingerprint density at radius 2 is 0.667 bits per heavy atom. The number of rotatable bonds is 2. The number of benzene rings is 6. The van der Waals surface area contributed by atoms with E-state index in [1.165, 1.54) is 62.6 Å². The summed E-state index contributed by atoms with van der Waals surface area (Å²) in [6.45, 7) is 26.5. The first-order chi connectivity index (χ1) is 27.8. The van der Waals surface area contributed by atoms with Crippen molar-refractivity contribution in [2.45, 2.75) is 105 Å². The van der Waals surface area contributed by atoms with Crippen LogP contribution in [0.3, 0.4) is 0 Å².